The van der Waals surface area contributed by atoms with Crippen molar-refractivity contribution in [1.82, 2.24) is 10.2 Å². The molecule has 0 spiro atoms. The SMILES string of the molecule is CCN(C=O)CC.CCNCC.O=C=O.[HH]. The third kappa shape index (κ3) is 32.3. The van der Waals surface area contributed by atoms with Crippen LogP contribution >= 0.6 is 0 Å². The second kappa shape index (κ2) is 23.0. The van der Waals surface area contributed by atoms with E-state index < -0.39 is 0 Å². The van der Waals surface area contributed by atoms with Crippen LogP contribution in [-0.2, 0) is 14.4 Å². The summed E-state index contributed by atoms with van der Waals surface area (Å²) in [6.07, 6.45) is 1.11. The third-order valence-electron chi connectivity index (χ3n) is 1.46. The van der Waals surface area contributed by atoms with Crippen LogP contribution in [-0.4, -0.2) is 43.6 Å². The number of nitrogens with one attached hydrogen (secondary N) is 1. The van der Waals surface area contributed by atoms with Crippen LogP contribution < -0.4 is 5.32 Å². The maximum absolute atomic E-state index is 9.89. The van der Waals surface area contributed by atoms with Crippen LogP contribution in [0.4, 0.5) is 0 Å². The zero-order valence-electron chi connectivity index (χ0n) is 10.1. The van der Waals surface area contributed by atoms with Crippen LogP contribution in [0.2, 0.25) is 0 Å². The number of nitrogens with zero attached hydrogens (tertiary/aromatic N) is 1. The van der Waals surface area contributed by atoms with Crippen molar-refractivity contribution < 1.29 is 15.8 Å². The second-order valence-electron chi connectivity index (χ2n) is 2.37. The molecule has 0 saturated heterocycles. The normalized spacial score (nSPS) is 7.20. The van der Waals surface area contributed by atoms with Gasteiger partial charge in [-0.3, -0.25) is 4.79 Å². The fourth-order valence-corrected chi connectivity index (χ4v) is 0.623. The summed E-state index contributed by atoms with van der Waals surface area (Å²) in [5.41, 5.74) is 0. The van der Waals surface area contributed by atoms with Gasteiger partial charge in [0.25, 0.3) is 0 Å². The summed E-state index contributed by atoms with van der Waals surface area (Å²) >= 11 is 0. The molecule has 0 atom stereocenters. The summed E-state index contributed by atoms with van der Waals surface area (Å²) < 4.78 is 0. The van der Waals surface area contributed by atoms with Gasteiger partial charge in [0.15, 0.2) is 0 Å². The number of rotatable bonds is 5. The van der Waals surface area contributed by atoms with Crippen LogP contribution in [0.1, 0.15) is 29.1 Å². The molecule has 5 nitrogen and oxygen atoms in total. The summed E-state index contributed by atoms with van der Waals surface area (Å²) in [6.45, 7) is 11.9. The lowest BCUT2D eigenvalue weighted by Gasteiger charge is -2.08. The summed E-state index contributed by atoms with van der Waals surface area (Å²) in [5, 5.41) is 3.11. The Morgan fingerprint density at radius 3 is 1.47 bits per heavy atom. The Morgan fingerprint density at radius 2 is 1.47 bits per heavy atom. The van der Waals surface area contributed by atoms with E-state index in [9.17, 15) is 4.79 Å². The molecule has 0 aromatic heterocycles. The summed E-state index contributed by atoms with van der Waals surface area (Å²) in [6, 6.07) is 0. The van der Waals surface area contributed by atoms with E-state index in [1.807, 2.05) is 13.8 Å². The molecule has 0 saturated carbocycles. The lowest BCUT2D eigenvalue weighted by atomic mass is 10.6. The predicted octanol–water partition coefficient (Wildman–Crippen LogP) is 0.763. The lowest BCUT2D eigenvalue weighted by Crippen LogP contribution is -2.19. The van der Waals surface area contributed by atoms with Crippen molar-refractivity contribution in [2.45, 2.75) is 27.7 Å². The Balaban J connectivity index is -0.0000000710. The van der Waals surface area contributed by atoms with E-state index in [4.69, 9.17) is 9.59 Å². The first-order valence-corrected chi connectivity index (χ1v) is 5.07. The van der Waals surface area contributed by atoms with Crippen LogP contribution in [0.5, 0.6) is 0 Å². The molecule has 0 heterocycles. The number of amides is 1. The fourth-order valence-electron chi connectivity index (χ4n) is 0.623. The quantitative estimate of drug-likeness (QED) is 0.695. The first kappa shape index (κ1) is 19.4. The van der Waals surface area contributed by atoms with Crippen molar-refractivity contribution in [3.05, 3.63) is 0 Å². The number of hydrogen-bond acceptors (Lipinski definition) is 4. The molecule has 0 aliphatic rings. The van der Waals surface area contributed by atoms with Crippen molar-refractivity contribution >= 4 is 12.6 Å². The monoisotopic (exact) mass is 220 g/mol. The van der Waals surface area contributed by atoms with Gasteiger partial charge in [-0.2, -0.15) is 9.59 Å². The summed E-state index contributed by atoms with van der Waals surface area (Å²) in [4.78, 5) is 27.8. The lowest BCUT2D eigenvalue weighted by molar-refractivity contribution is -0.191. The minimum atomic E-state index is 0. The maximum Gasteiger partial charge on any atom is 0.373 e. The van der Waals surface area contributed by atoms with Crippen molar-refractivity contribution in [3.63, 3.8) is 0 Å². The number of hydrogen-bond donors (Lipinski definition) is 1. The van der Waals surface area contributed by atoms with Crippen molar-refractivity contribution in [2.24, 2.45) is 0 Å². The Morgan fingerprint density at radius 1 is 1.13 bits per heavy atom. The van der Waals surface area contributed by atoms with Crippen molar-refractivity contribution in [2.75, 3.05) is 26.2 Å². The molecule has 15 heavy (non-hydrogen) atoms. The van der Waals surface area contributed by atoms with Crippen molar-refractivity contribution in [1.29, 1.82) is 0 Å². The molecule has 0 unspecified atom stereocenters. The van der Waals surface area contributed by atoms with Gasteiger partial charge < -0.3 is 10.2 Å². The van der Waals surface area contributed by atoms with Gasteiger partial charge in [-0.25, -0.2) is 0 Å². The van der Waals surface area contributed by atoms with E-state index in [1.165, 1.54) is 0 Å². The molecular formula is C10H24N2O3. The van der Waals surface area contributed by atoms with Gasteiger partial charge >= 0.3 is 6.15 Å². The fraction of sp³-hybridized carbons (Fsp3) is 0.800. The highest BCUT2D eigenvalue weighted by molar-refractivity contribution is 5.46. The van der Waals surface area contributed by atoms with Crippen LogP contribution in [0, 0.1) is 0 Å². The third-order valence-corrected chi connectivity index (χ3v) is 1.46. The van der Waals surface area contributed by atoms with Gasteiger partial charge in [0.2, 0.25) is 6.41 Å². The maximum atomic E-state index is 9.89. The number of carbonyl (C=O) groups excluding carboxylic acids is 3. The average molecular weight is 220 g/mol. The van der Waals surface area contributed by atoms with E-state index in [0.29, 0.717) is 0 Å². The molecule has 0 rings (SSSR count). The smallest absolute Gasteiger partial charge is 0.346 e. The summed E-state index contributed by atoms with van der Waals surface area (Å²) in [7, 11) is 0. The predicted molar refractivity (Wildman–Crippen MR) is 60.3 cm³/mol. The van der Waals surface area contributed by atoms with E-state index in [2.05, 4.69) is 19.2 Å². The van der Waals surface area contributed by atoms with Gasteiger partial charge in [0.05, 0.1) is 0 Å². The highest BCUT2D eigenvalue weighted by Gasteiger charge is 1.87. The Bertz CT molecular complexity index is 145. The Labute approximate surface area is 93.3 Å². The molecule has 0 radical (unpaired) electrons. The van der Waals surface area contributed by atoms with E-state index in [-0.39, 0.29) is 7.58 Å². The van der Waals surface area contributed by atoms with E-state index in [1.54, 1.807) is 4.90 Å². The summed E-state index contributed by atoms with van der Waals surface area (Å²) in [5.74, 6) is 0. The highest BCUT2D eigenvalue weighted by atomic mass is 16.2. The minimum Gasteiger partial charge on any atom is -0.346 e. The molecule has 0 bridgehead atoms. The Hall–Kier alpha value is -1.19. The second-order valence-corrected chi connectivity index (χ2v) is 2.37. The standard InChI is InChI=1S/C5H11NO.C4H11N.CO2.H2/c1-3-6(4-2)5-7;1-3-5-4-2;2-1-3;/h5H,3-4H2,1-2H3;5H,3-4H2,1-2H3;;1H. The molecule has 0 aromatic carbocycles. The van der Waals surface area contributed by atoms with Gasteiger partial charge in [0, 0.05) is 14.5 Å². The molecule has 0 aliphatic carbocycles. The topological polar surface area (TPSA) is 66.5 Å². The minimum absolute atomic E-state index is 0. The van der Waals surface area contributed by atoms with Crippen molar-refractivity contribution in [3.8, 4) is 0 Å². The molecule has 0 fully saturated rings. The van der Waals surface area contributed by atoms with Crippen LogP contribution in [0.25, 0.3) is 0 Å². The molecule has 92 valence electrons. The van der Waals surface area contributed by atoms with E-state index >= 15 is 0 Å². The highest BCUT2D eigenvalue weighted by Crippen LogP contribution is 1.75. The molecule has 0 aliphatic heterocycles. The molecular weight excluding hydrogens is 196 g/mol. The van der Waals surface area contributed by atoms with Gasteiger partial charge in [-0.15, -0.1) is 0 Å². The molecule has 5 heteroatoms. The van der Waals surface area contributed by atoms with Gasteiger partial charge in [-0.05, 0) is 26.9 Å². The zero-order chi connectivity index (χ0) is 12.5. The first-order chi connectivity index (χ1) is 7.17. The first-order valence-electron chi connectivity index (χ1n) is 5.07. The van der Waals surface area contributed by atoms with Crippen LogP contribution in [0.3, 0.4) is 0 Å². The molecule has 1 amide bonds. The largest absolute Gasteiger partial charge is 0.373 e. The Kier molecular flexibility index (Phi) is 29.8. The van der Waals surface area contributed by atoms with Gasteiger partial charge in [0.1, 0.15) is 0 Å². The van der Waals surface area contributed by atoms with Crippen LogP contribution in [0.15, 0.2) is 0 Å². The molecule has 0 aromatic rings. The molecule has 1 N–H and O–H groups in total. The average Bonchev–Trinajstić information content (AvgIpc) is 2.24. The number of carbonyl (C=O) groups is 1. The van der Waals surface area contributed by atoms with E-state index in [0.717, 1.165) is 32.6 Å². The zero-order valence-corrected chi connectivity index (χ0v) is 10.1. The van der Waals surface area contributed by atoms with Gasteiger partial charge in [-0.1, -0.05) is 13.8 Å².